The molecule has 1 saturated heterocycles. The number of rotatable bonds is 7. The van der Waals surface area contributed by atoms with Crippen molar-refractivity contribution in [1.29, 1.82) is 0 Å². The predicted molar refractivity (Wildman–Crippen MR) is 142 cm³/mol. The van der Waals surface area contributed by atoms with Crippen LogP contribution in [0.1, 0.15) is 46.3 Å². The molecule has 1 aliphatic rings. The maximum absolute atomic E-state index is 13.1. The summed E-state index contributed by atoms with van der Waals surface area (Å²) in [6.07, 6.45) is 3.73. The van der Waals surface area contributed by atoms with Crippen LogP contribution in [0.3, 0.4) is 0 Å². The van der Waals surface area contributed by atoms with E-state index in [1.807, 2.05) is 32.0 Å². The Hall–Kier alpha value is -3.03. The number of sulfonamides is 1. The minimum atomic E-state index is -3.99. The van der Waals surface area contributed by atoms with E-state index in [4.69, 9.17) is 11.6 Å². The third kappa shape index (κ3) is 5.97. The number of hydrogen-bond donors (Lipinski definition) is 2. The largest absolute Gasteiger partial charge is 0.372 e. The fourth-order valence-electron chi connectivity index (χ4n) is 4.17. The van der Waals surface area contributed by atoms with Gasteiger partial charge in [0.05, 0.1) is 10.7 Å². The molecule has 184 valence electrons. The van der Waals surface area contributed by atoms with Crippen LogP contribution in [0.15, 0.2) is 65.6 Å². The minimum Gasteiger partial charge on any atom is -0.372 e. The van der Waals surface area contributed by atoms with Gasteiger partial charge in [0.1, 0.15) is 4.90 Å². The van der Waals surface area contributed by atoms with Crippen molar-refractivity contribution in [1.82, 2.24) is 5.32 Å². The number of aryl methyl sites for hydroxylation is 1. The number of piperidine rings is 1. The molecule has 4 rings (SSSR count). The van der Waals surface area contributed by atoms with Crippen molar-refractivity contribution in [3.05, 3.63) is 87.9 Å². The lowest BCUT2D eigenvalue weighted by Crippen LogP contribution is -2.29. The zero-order valence-corrected chi connectivity index (χ0v) is 21.5. The van der Waals surface area contributed by atoms with Crippen LogP contribution < -0.4 is 14.9 Å². The Morgan fingerprint density at radius 2 is 1.69 bits per heavy atom. The van der Waals surface area contributed by atoms with Gasteiger partial charge in [0.2, 0.25) is 0 Å². The molecular formula is C27H30ClN3O3S. The summed E-state index contributed by atoms with van der Waals surface area (Å²) in [6.45, 7) is 6.25. The Bertz CT molecular complexity index is 1320. The van der Waals surface area contributed by atoms with Crippen LogP contribution in [0, 0.1) is 13.8 Å². The summed E-state index contributed by atoms with van der Waals surface area (Å²) in [7, 11) is -3.99. The highest BCUT2D eigenvalue weighted by Crippen LogP contribution is 2.27. The first-order valence-corrected chi connectivity index (χ1v) is 13.6. The van der Waals surface area contributed by atoms with Gasteiger partial charge in [-0.05, 0) is 86.2 Å². The summed E-state index contributed by atoms with van der Waals surface area (Å²) < 4.78 is 28.7. The van der Waals surface area contributed by atoms with E-state index in [-0.39, 0.29) is 21.4 Å². The Kier molecular flexibility index (Phi) is 7.67. The molecule has 0 spiro atoms. The molecule has 0 aliphatic carbocycles. The van der Waals surface area contributed by atoms with Crippen molar-refractivity contribution in [2.24, 2.45) is 0 Å². The van der Waals surface area contributed by atoms with Crippen molar-refractivity contribution in [3.63, 3.8) is 0 Å². The van der Waals surface area contributed by atoms with E-state index in [1.165, 1.54) is 43.1 Å². The summed E-state index contributed by atoms with van der Waals surface area (Å²) in [6, 6.07) is 17.8. The molecule has 0 radical (unpaired) electrons. The van der Waals surface area contributed by atoms with Crippen molar-refractivity contribution in [2.45, 2.75) is 44.6 Å². The van der Waals surface area contributed by atoms with Gasteiger partial charge in [-0.3, -0.25) is 9.52 Å². The van der Waals surface area contributed by atoms with Gasteiger partial charge in [0.15, 0.2) is 0 Å². The fourth-order valence-corrected chi connectivity index (χ4v) is 5.82. The second-order valence-corrected chi connectivity index (χ2v) is 11.0. The van der Waals surface area contributed by atoms with Crippen LogP contribution in [-0.2, 0) is 16.6 Å². The molecule has 6 nitrogen and oxygen atoms in total. The van der Waals surface area contributed by atoms with Crippen LogP contribution in [-0.4, -0.2) is 27.4 Å². The van der Waals surface area contributed by atoms with E-state index >= 15 is 0 Å². The predicted octanol–water partition coefficient (Wildman–Crippen LogP) is 5.68. The van der Waals surface area contributed by atoms with Crippen molar-refractivity contribution < 1.29 is 13.2 Å². The molecule has 2 N–H and O–H groups in total. The molecule has 1 heterocycles. The third-order valence-corrected chi connectivity index (χ3v) is 8.29. The summed E-state index contributed by atoms with van der Waals surface area (Å²) in [5.74, 6) is -0.370. The summed E-state index contributed by atoms with van der Waals surface area (Å²) in [5, 5.41) is 2.92. The number of nitrogens with one attached hydrogen (secondary N) is 2. The molecule has 0 saturated carbocycles. The Balaban J connectivity index is 1.45. The van der Waals surface area contributed by atoms with Crippen LogP contribution >= 0.6 is 11.6 Å². The number of halogens is 1. The standard InChI is InChI=1S/C27H30ClN3O3S/c1-19-7-6-8-25(20(19)2)30-35(33,34)26-17-22(11-14-24(26)28)27(32)29-18-21-9-12-23(13-10-21)31-15-4-3-5-16-31/h6-14,17,30H,3-5,15-16,18H2,1-2H3,(H,29,32). The molecular weight excluding hydrogens is 482 g/mol. The van der Waals surface area contributed by atoms with Gasteiger partial charge < -0.3 is 10.2 Å². The Labute approximate surface area is 212 Å². The van der Waals surface area contributed by atoms with Crippen molar-refractivity contribution in [3.8, 4) is 0 Å². The third-order valence-electron chi connectivity index (χ3n) is 6.44. The van der Waals surface area contributed by atoms with E-state index in [0.29, 0.717) is 12.2 Å². The number of anilines is 2. The average Bonchev–Trinajstić information content (AvgIpc) is 2.86. The van der Waals surface area contributed by atoms with Gasteiger partial charge in [0.25, 0.3) is 15.9 Å². The number of carbonyl (C=O) groups is 1. The van der Waals surface area contributed by atoms with Gasteiger partial charge >= 0.3 is 0 Å². The smallest absolute Gasteiger partial charge is 0.263 e. The maximum Gasteiger partial charge on any atom is 0.263 e. The van der Waals surface area contributed by atoms with Crippen LogP contribution in [0.4, 0.5) is 11.4 Å². The highest BCUT2D eigenvalue weighted by atomic mass is 35.5. The van der Waals surface area contributed by atoms with E-state index in [0.717, 1.165) is 29.8 Å². The average molecular weight is 512 g/mol. The second kappa shape index (κ2) is 10.7. The molecule has 35 heavy (non-hydrogen) atoms. The molecule has 0 unspecified atom stereocenters. The van der Waals surface area contributed by atoms with E-state index < -0.39 is 10.0 Å². The highest BCUT2D eigenvalue weighted by Gasteiger charge is 2.21. The van der Waals surface area contributed by atoms with Gasteiger partial charge in [0, 0.05) is 30.9 Å². The van der Waals surface area contributed by atoms with Crippen molar-refractivity contribution in [2.75, 3.05) is 22.7 Å². The number of benzene rings is 3. The summed E-state index contributed by atoms with van der Waals surface area (Å²) in [5.41, 5.74) is 4.66. The SMILES string of the molecule is Cc1cccc(NS(=O)(=O)c2cc(C(=O)NCc3ccc(N4CCCCC4)cc3)ccc2Cl)c1C. The lowest BCUT2D eigenvalue weighted by atomic mass is 10.1. The Morgan fingerprint density at radius 1 is 0.971 bits per heavy atom. The molecule has 1 amide bonds. The molecule has 8 heteroatoms. The van der Waals surface area contributed by atoms with Crippen LogP contribution in [0.2, 0.25) is 5.02 Å². The fraction of sp³-hybridized carbons (Fsp3) is 0.296. The van der Waals surface area contributed by atoms with Gasteiger partial charge in [-0.25, -0.2) is 8.42 Å². The number of nitrogens with zero attached hydrogens (tertiary/aromatic N) is 1. The molecule has 0 bridgehead atoms. The zero-order chi connectivity index (χ0) is 25.0. The lowest BCUT2D eigenvalue weighted by Gasteiger charge is -2.28. The molecule has 0 aromatic heterocycles. The van der Waals surface area contributed by atoms with Crippen molar-refractivity contribution >= 4 is 38.9 Å². The van der Waals surface area contributed by atoms with E-state index in [2.05, 4.69) is 27.1 Å². The Morgan fingerprint density at radius 3 is 2.40 bits per heavy atom. The number of hydrogen-bond acceptors (Lipinski definition) is 4. The normalized spacial score (nSPS) is 14.0. The number of carbonyl (C=O) groups excluding carboxylic acids is 1. The molecule has 3 aromatic carbocycles. The maximum atomic E-state index is 13.1. The van der Waals surface area contributed by atoms with Crippen LogP contribution in [0.25, 0.3) is 0 Å². The lowest BCUT2D eigenvalue weighted by molar-refractivity contribution is 0.0950. The zero-order valence-electron chi connectivity index (χ0n) is 20.0. The molecule has 0 atom stereocenters. The van der Waals surface area contributed by atoms with Gasteiger partial charge in [-0.1, -0.05) is 35.9 Å². The van der Waals surface area contributed by atoms with Gasteiger partial charge in [-0.2, -0.15) is 0 Å². The second-order valence-electron chi connectivity index (χ2n) is 8.90. The quantitative estimate of drug-likeness (QED) is 0.428. The van der Waals surface area contributed by atoms with E-state index in [1.54, 1.807) is 12.1 Å². The molecule has 3 aromatic rings. The summed E-state index contributed by atoms with van der Waals surface area (Å²) >= 11 is 6.22. The minimum absolute atomic E-state index is 0.0488. The topological polar surface area (TPSA) is 78.5 Å². The van der Waals surface area contributed by atoms with E-state index in [9.17, 15) is 13.2 Å². The number of amides is 1. The molecule has 1 aliphatic heterocycles. The summed E-state index contributed by atoms with van der Waals surface area (Å²) in [4.78, 5) is 15.0. The van der Waals surface area contributed by atoms with Gasteiger partial charge in [-0.15, -0.1) is 0 Å². The van der Waals surface area contributed by atoms with Crippen LogP contribution in [0.5, 0.6) is 0 Å². The molecule has 1 fully saturated rings. The first kappa shape index (κ1) is 25.1. The first-order valence-electron chi connectivity index (χ1n) is 11.8. The highest BCUT2D eigenvalue weighted by molar-refractivity contribution is 7.92. The first-order chi connectivity index (χ1) is 16.7. The monoisotopic (exact) mass is 511 g/mol.